The molecule has 36 heavy (non-hydrogen) atoms. The normalized spacial score (nSPS) is 13.4. The fraction of sp³-hybridized carbons (Fsp3) is 0.0909. The Hall–Kier alpha value is -4.68. The van der Waals surface area contributed by atoms with Crippen molar-refractivity contribution in [2.75, 3.05) is 4.90 Å². The van der Waals surface area contributed by atoms with Gasteiger partial charge in [0, 0.05) is 29.1 Å². The Morgan fingerprint density at radius 1 is 0.694 bits per heavy atom. The fourth-order valence-electron chi connectivity index (χ4n) is 5.44. The summed E-state index contributed by atoms with van der Waals surface area (Å²) in [6.07, 6.45) is 3.44. The Kier molecular flexibility index (Phi) is 5.16. The SMILES string of the molecule is CC1(C)c2ccccc2N(c2cccc(-c3ccccc3-c3cnccc3C#N)c2)c2ccccc21. The highest BCUT2D eigenvalue weighted by Crippen LogP contribution is 2.52. The number of rotatable bonds is 3. The molecule has 6 rings (SSSR count). The van der Waals surface area contributed by atoms with Gasteiger partial charge >= 0.3 is 0 Å². The maximum absolute atomic E-state index is 9.70. The predicted molar refractivity (Wildman–Crippen MR) is 147 cm³/mol. The van der Waals surface area contributed by atoms with Gasteiger partial charge in [0.2, 0.25) is 0 Å². The van der Waals surface area contributed by atoms with Crippen molar-refractivity contribution in [1.29, 1.82) is 5.26 Å². The van der Waals surface area contributed by atoms with Crippen molar-refractivity contribution in [2.24, 2.45) is 0 Å². The van der Waals surface area contributed by atoms with Crippen molar-refractivity contribution in [3.8, 4) is 28.3 Å². The van der Waals surface area contributed by atoms with Gasteiger partial charge in [-0.05, 0) is 58.1 Å². The summed E-state index contributed by atoms with van der Waals surface area (Å²) >= 11 is 0. The molecule has 0 radical (unpaired) electrons. The second-order valence-corrected chi connectivity index (χ2v) is 9.62. The monoisotopic (exact) mass is 463 g/mol. The fourth-order valence-corrected chi connectivity index (χ4v) is 5.44. The van der Waals surface area contributed by atoms with Gasteiger partial charge in [-0.15, -0.1) is 0 Å². The molecule has 5 aromatic rings. The molecule has 0 aliphatic carbocycles. The summed E-state index contributed by atoms with van der Waals surface area (Å²) in [4.78, 5) is 6.67. The van der Waals surface area contributed by atoms with Gasteiger partial charge in [-0.3, -0.25) is 4.98 Å². The highest BCUT2D eigenvalue weighted by molar-refractivity contribution is 5.90. The summed E-state index contributed by atoms with van der Waals surface area (Å²) in [5.74, 6) is 0. The zero-order valence-electron chi connectivity index (χ0n) is 20.3. The Labute approximate surface area is 211 Å². The number of para-hydroxylation sites is 2. The van der Waals surface area contributed by atoms with Crippen molar-refractivity contribution in [3.05, 3.63) is 132 Å². The summed E-state index contributed by atoms with van der Waals surface area (Å²) in [5, 5.41) is 9.70. The van der Waals surface area contributed by atoms with Crippen LogP contribution in [-0.4, -0.2) is 4.98 Å². The summed E-state index contributed by atoms with van der Waals surface area (Å²) in [6, 6.07) is 38.4. The average Bonchev–Trinajstić information content (AvgIpc) is 2.93. The smallest absolute Gasteiger partial charge is 0.0999 e. The van der Waals surface area contributed by atoms with Crippen LogP contribution in [0.3, 0.4) is 0 Å². The molecule has 0 spiro atoms. The van der Waals surface area contributed by atoms with E-state index in [1.165, 1.54) is 22.5 Å². The van der Waals surface area contributed by atoms with E-state index in [1.54, 1.807) is 18.5 Å². The largest absolute Gasteiger partial charge is 0.310 e. The molecular formula is C33H25N3. The van der Waals surface area contributed by atoms with E-state index in [4.69, 9.17) is 0 Å². The first-order valence-electron chi connectivity index (χ1n) is 12.1. The van der Waals surface area contributed by atoms with Gasteiger partial charge < -0.3 is 4.90 Å². The average molecular weight is 464 g/mol. The third-order valence-corrected chi connectivity index (χ3v) is 7.21. The predicted octanol–water partition coefficient (Wildman–Crippen LogP) is 8.40. The molecule has 3 nitrogen and oxygen atoms in total. The molecule has 0 fully saturated rings. The second-order valence-electron chi connectivity index (χ2n) is 9.62. The number of hydrogen-bond acceptors (Lipinski definition) is 3. The molecular weight excluding hydrogens is 438 g/mol. The molecule has 0 unspecified atom stereocenters. The van der Waals surface area contributed by atoms with Crippen LogP contribution in [0.1, 0.15) is 30.5 Å². The Morgan fingerprint density at radius 3 is 2.03 bits per heavy atom. The van der Waals surface area contributed by atoms with Gasteiger partial charge in [-0.2, -0.15) is 5.26 Å². The van der Waals surface area contributed by atoms with Crippen molar-refractivity contribution in [1.82, 2.24) is 4.98 Å². The van der Waals surface area contributed by atoms with E-state index >= 15 is 0 Å². The Balaban J connectivity index is 1.54. The van der Waals surface area contributed by atoms with Crippen LogP contribution in [0.25, 0.3) is 22.3 Å². The minimum absolute atomic E-state index is 0.0953. The van der Waals surface area contributed by atoms with Crippen molar-refractivity contribution < 1.29 is 0 Å². The van der Waals surface area contributed by atoms with Crippen LogP contribution in [0.2, 0.25) is 0 Å². The molecule has 3 heteroatoms. The summed E-state index contributed by atoms with van der Waals surface area (Å²) < 4.78 is 0. The number of aromatic nitrogens is 1. The number of nitriles is 1. The van der Waals surface area contributed by atoms with Crippen LogP contribution in [0.4, 0.5) is 17.1 Å². The van der Waals surface area contributed by atoms with E-state index in [9.17, 15) is 5.26 Å². The summed E-state index contributed by atoms with van der Waals surface area (Å²) in [6.45, 7) is 4.60. The number of nitrogens with zero attached hydrogens (tertiary/aromatic N) is 3. The van der Waals surface area contributed by atoms with E-state index in [0.29, 0.717) is 5.56 Å². The lowest BCUT2D eigenvalue weighted by molar-refractivity contribution is 0.632. The van der Waals surface area contributed by atoms with E-state index in [1.807, 2.05) is 12.1 Å². The van der Waals surface area contributed by atoms with Gasteiger partial charge in [0.15, 0.2) is 0 Å². The molecule has 0 atom stereocenters. The maximum Gasteiger partial charge on any atom is 0.0999 e. The van der Waals surface area contributed by atoms with Gasteiger partial charge in [0.25, 0.3) is 0 Å². The number of hydrogen-bond donors (Lipinski definition) is 0. The quantitative estimate of drug-likeness (QED) is 0.270. The third kappa shape index (κ3) is 3.39. The van der Waals surface area contributed by atoms with Gasteiger partial charge in [-0.1, -0.05) is 86.6 Å². The summed E-state index contributed by atoms with van der Waals surface area (Å²) in [7, 11) is 0. The minimum atomic E-state index is -0.0953. The summed E-state index contributed by atoms with van der Waals surface area (Å²) in [5.41, 5.74) is 10.7. The molecule has 4 aromatic carbocycles. The molecule has 0 bridgehead atoms. The molecule has 0 saturated carbocycles. The van der Waals surface area contributed by atoms with Crippen LogP contribution in [0.5, 0.6) is 0 Å². The van der Waals surface area contributed by atoms with Crippen molar-refractivity contribution in [3.63, 3.8) is 0 Å². The maximum atomic E-state index is 9.70. The molecule has 172 valence electrons. The van der Waals surface area contributed by atoms with E-state index < -0.39 is 0 Å². The number of anilines is 3. The van der Waals surface area contributed by atoms with Crippen LogP contribution in [0, 0.1) is 11.3 Å². The van der Waals surface area contributed by atoms with E-state index in [0.717, 1.165) is 27.9 Å². The van der Waals surface area contributed by atoms with Crippen molar-refractivity contribution >= 4 is 17.1 Å². The molecule has 1 aliphatic heterocycles. The number of benzene rings is 4. The highest BCUT2D eigenvalue weighted by atomic mass is 15.2. The number of fused-ring (bicyclic) bond motifs is 2. The van der Waals surface area contributed by atoms with Crippen LogP contribution >= 0.6 is 0 Å². The molecule has 1 aromatic heterocycles. The van der Waals surface area contributed by atoms with E-state index in [2.05, 4.69) is 115 Å². The first-order valence-corrected chi connectivity index (χ1v) is 12.1. The lowest BCUT2D eigenvalue weighted by atomic mass is 9.73. The molecule has 2 heterocycles. The topological polar surface area (TPSA) is 39.9 Å². The standard InChI is InChI=1S/C33H25N3/c1-33(2)29-14-5-7-16-31(29)36(32-17-8-6-15-30(32)33)25-11-9-10-23(20-25)26-12-3-4-13-27(26)28-22-35-19-18-24(28)21-34/h3-20,22H,1-2H3. The first kappa shape index (κ1) is 21.8. The zero-order valence-corrected chi connectivity index (χ0v) is 20.3. The molecule has 0 amide bonds. The van der Waals surface area contributed by atoms with Crippen LogP contribution in [-0.2, 0) is 5.41 Å². The van der Waals surface area contributed by atoms with E-state index in [-0.39, 0.29) is 5.41 Å². The lowest BCUT2D eigenvalue weighted by Crippen LogP contribution is -2.30. The van der Waals surface area contributed by atoms with Gasteiger partial charge in [-0.25, -0.2) is 0 Å². The second kappa shape index (κ2) is 8.52. The first-order chi connectivity index (χ1) is 17.6. The molecule has 1 aliphatic rings. The Bertz CT molecular complexity index is 1590. The third-order valence-electron chi connectivity index (χ3n) is 7.21. The van der Waals surface area contributed by atoms with Gasteiger partial charge in [0.1, 0.15) is 0 Å². The zero-order chi connectivity index (χ0) is 24.7. The minimum Gasteiger partial charge on any atom is -0.310 e. The van der Waals surface area contributed by atoms with Crippen LogP contribution < -0.4 is 4.90 Å². The Morgan fingerprint density at radius 2 is 1.33 bits per heavy atom. The van der Waals surface area contributed by atoms with Crippen molar-refractivity contribution in [2.45, 2.75) is 19.3 Å². The molecule has 0 N–H and O–H groups in total. The van der Waals surface area contributed by atoms with Crippen LogP contribution in [0.15, 0.2) is 116 Å². The number of pyridine rings is 1. The lowest BCUT2D eigenvalue weighted by Gasteiger charge is -2.42. The molecule has 0 saturated heterocycles. The highest BCUT2D eigenvalue weighted by Gasteiger charge is 2.36. The van der Waals surface area contributed by atoms with Gasteiger partial charge in [0.05, 0.1) is 23.0 Å².